The molecule has 0 fully saturated rings. The quantitative estimate of drug-likeness (QED) is 0.750. The van der Waals surface area contributed by atoms with E-state index in [1.54, 1.807) is 19.2 Å². The van der Waals surface area contributed by atoms with Crippen LogP contribution >= 0.6 is 0 Å². The summed E-state index contributed by atoms with van der Waals surface area (Å²) < 4.78 is 5.24. The fraction of sp³-hybridized carbons (Fsp3) is 0.500. The fourth-order valence-corrected chi connectivity index (χ4v) is 2.13. The molecule has 0 aromatic heterocycles. The predicted molar refractivity (Wildman–Crippen MR) is 75.0 cm³/mol. The van der Waals surface area contributed by atoms with Crippen LogP contribution < -0.4 is 4.74 Å². The van der Waals surface area contributed by atoms with Gasteiger partial charge in [-0.3, -0.25) is 4.79 Å². The Balaban J connectivity index is 2.94. The maximum Gasteiger partial charge on any atom is 0.157 e. The van der Waals surface area contributed by atoms with Gasteiger partial charge in [0.25, 0.3) is 0 Å². The number of rotatable bonds is 7. The molecule has 0 saturated carbocycles. The van der Waals surface area contributed by atoms with Crippen LogP contribution in [-0.2, 0) is 4.79 Å². The third kappa shape index (κ3) is 3.82. The van der Waals surface area contributed by atoms with Gasteiger partial charge >= 0.3 is 0 Å². The molecule has 0 radical (unpaired) electrons. The van der Waals surface area contributed by atoms with Crippen molar-refractivity contribution in [2.24, 2.45) is 5.92 Å². The molecule has 102 valence electrons. The molecule has 1 aromatic carbocycles. The molecule has 0 aliphatic rings. The van der Waals surface area contributed by atoms with E-state index in [-0.39, 0.29) is 11.7 Å². The summed E-state index contributed by atoms with van der Waals surface area (Å²) in [6.45, 7) is 4.00. The summed E-state index contributed by atoms with van der Waals surface area (Å²) >= 11 is 0. The summed E-state index contributed by atoms with van der Waals surface area (Å²) in [5.41, 5.74) is 0.667. The number of hydrogen-bond acceptors (Lipinski definition) is 3. The Bertz CT molecular complexity index is 462. The van der Waals surface area contributed by atoms with Crippen molar-refractivity contribution in [3.8, 4) is 11.8 Å². The van der Waals surface area contributed by atoms with Crippen molar-refractivity contribution in [3.63, 3.8) is 0 Å². The largest absolute Gasteiger partial charge is 0.496 e. The summed E-state index contributed by atoms with van der Waals surface area (Å²) in [7, 11) is 1.55. The zero-order valence-corrected chi connectivity index (χ0v) is 11.8. The van der Waals surface area contributed by atoms with Gasteiger partial charge in [0.2, 0.25) is 0 Å². The Hall–Kier alpha value is -1.82. The van der Waals surface area contributed by atoms with Gasteiger partial charge in [-0.25, -0.2) is 0 Å². The lowest BCUT2D eigenvalue weighted by molar-refractivity contribution is -0.122. The van der Waals surface area contributed by atoms with Gasteiger partial charge in [0.1, 0.15) is 11.7 Å². The highest BCUT2D eigenvalue weighted by Crippen LogP contribution is 2.29. The zero-order valence-electron chi connectivity index (χ0n) is 11.8. The molecule has 0 aliphatic heterocycles. The Labute approximate surface area is 115 Å². The van der Waals surface area contributed by atoms with E-state index in [1.165, 1.54) is 0 Å². The molecule has 1 aromatic rings. The normalized spacial score (nSPS) is 13.4. The lowest BCUT2D eigenvalue weighted by atomic mass is 9.86. The first-order valence-electron chi connectivity index (χ1n) is 6.71. The zero-order chi connectivity index (χ0) is 14.3. The molecule has 0 aliphatic carbocycles. The highest BCUT2D eigenvalue weighted by atomic mass is 16.5. The maximum atomic E-state index is 12.4. The third-order valence-electron chi connectivity index (χ3n) is 3.34. The summed E-state index contributed by atoms with van der Waals surface area (Å²) in [5.74, 6) is -0.233. The number of benzene rings is 1. The molecule has 3 heteroatoms. The van der Waals surface area contributed by atoms with Crippen LogP contribution in [-0.4, -0.2) is 12.9 Å². The van der Waals surface area contributed by atoms with E-state index >= 15 is 0 Å². The lowest BCUT2D eigenvalue weighted by Gasteiger charge is -2.16. The summed E-state index contributed by atoms with van der Waals surface area (Å²) in [5, 5.41) is 9.32. The number of Topliss-reactive ketones (excluding diaryl/α,β-unsaturated/α-hetero) is 1. The van der Waals surface area contributed by atoms with Gasteiger partial charge in [-0.2, -0.15) is 5.26 Å². The van der Waals surface area contributed by atoms with Crippen LogP contribution in [0.25, 0.3) is 0 Å². The van der Waals surface area contributed by atoms with E-state index in [0.717, 1.165) is 19.3 Å². The number of para-hydroxylation sites is 1. The number of nitrogens with zero attached hydrogens (tertiary/aromatic N) is 1. The molecule has 0 amide bonds. The lowest BCUT2D eigenvalue weighted by Crippen LogP contribution is -2.19. The van der Waals surface area contributed by atoms with Gasteiger partial charge in [0, 0.05) is 11.5 Å². The molecule has 1 rings (SSSR count). The number of carbonyl (C=O) groups excluding carboxylic acids is 1. The van der Waals surface area contributed by atoms with Gasteiger partial charge in [0.15, 0.2) is 5.78 Å². The Morgan fingerprint density at radius 3 is 2.68 bits per heavy atom. The van der Waals surface area contributed by atoms with Gasteiger partial charge in [-0.15, -0.1) is 0 Å². The molecule has 0 heterocycles. The van der Waals surface area contributed by atoms with Crippen molar-refractivity contribution in [2.75, 3.05) is 7.11 Å². The molecule has 0 spiro atoms. The van der Waals surface area contributed by atoms with Gasteiger partial charge < -0.3 is 4.74 Å². The number of nitriles is 1. The summed E-state index contributed by atoms with van der Waals surface area (Å²) in [6, 6.07) is 9.35. The molecule has 19 heavy (non-hydrogen) atoms. The van der Waals surface area contributed by atoms with E-state index < -0.39 is 5.92 Å². The van der Waals surface area contributed by atoms with Gasteiger partial charge in [-0.1, -0.05) is 44.9 Å². The van der Waals surface area contributed by atoms with E-state index in [9.17, 15) is 10.1 Å². The fourth-order valence-electron chi connectivity index (χ4n) is 2.13. The minimum atomic E-state index is -0.733. The van der Waals surface area contributed by atoms with Crippen molar-refractivity contribution in [2.45, 2.75) is 39.0 Å². The SMILES string of the molecule is CCCCC(C)C(=O)C(C#N)c1ccccc1OC. The van der Waals surface area contributed by atoms with Crippen LogP contribution in [0.4, 0.5) is 0 Å². The number of hydrogen-bond donors (Lipinski definition) is 0. The van der Waals surface area contributed by atoms with Crippen molar-refractivity contribution < 1.29 is 9.53 Å². The van der Waals surface area contributed by atoms with Crippen LogP contribution in [0, 0.1) is 17.2 Å². The second-order valence-electron chi connectivity index (χ2n) is 4.75. The monoisotopic (exact) mass is 259 g/mol. The first kappa shape index (κ1) is 15.2. The van der Waals surface area contributed by atoms with Crippen LogP contribution in [0.1, 0.15) is 44.6 Å². The number of carbonyl (C=O) groups is 1. The van der Waals surface area contributed by atoms with Crippen LogP contribution in [0.5, 0.6) is 5.75 Å². The van der Waals surface area contributed by atoms with E-state index in [2.05, 4.69) is 13.0 Å². The number of methoxy groups -OCH3 is 1. The van der Waals surface area contributed by atoms with Crippen molar-refractivity contribution >= 4 is 5.78 Å². The Morgan fingerprint density at radius 1 is 1.42 bits per heavy atom. The number of unbranched alkanes of at least 4 members (excludes halogenated alkanes) is 1. The van der Waals surface area contributed by atoms with Crippen molar-refractivity contribution in [3.05, 3.63) is 29.8 Å². The second-order valence-corrected chi connectivity index (χ2v) is 4.75. The molecule has 0 bridgehead atoms. The van der Waals surface area contributed by atoms with Crippen molar-refractivity contribution in [1.82, 2.24) is 0 Å². The third-order valence-corrected chi connectivity index (χ3v) is 3.34. The molecule has 2 unspecified atom stereocenters. The predicted octanol–water partition coefficient (Wildman–Crippen LogP) is 3.70. The highest BCUT2D eigenvalue weighted by Gasteiger charge is 2.27. The molecule has 0 N–H and O–H groups in total. The first-order valence-corrected chi connectivity index (χ1v) is 6.71. The average molecular weight is 259 g/mol. The molecule has 2 atom stereocenters. The van der Waals surface area contributed by atoms with E-state index in [1.807, 2.05) is 19.1 Å². The van der Waals surface area contributed by atoms with Crippen molar-refractivity contribution in [1.29, 1.82) is 5.26 Å². The summed E-state index contributed by atoms with van der Waals surface area (Å²) in [4.78, 5) is 12.4. The minimum absolute atomic E-state index is 0.0135. The molecule has 0 saturated heterocycles. The van der Waals surface area contributed by atoms with E-state index in [0.29, 0.717) is 11.3 Å². The number of ketones is 1. The van der Waals surface area contributed by atoms with Gasteiger partial charge in [-0.05, 0) is 12.5 Å². The highest BCUT2D eigenvalue weighted by molar-refractivity contribution is 5.90. The van der Waals surface area contributed by atoms with Gasteiger partial charge in [0.05, 0.1) is 13.2 Å². The Kier molecular flexibility index (Phi) is 6.08. The Morgan fingerprint density at radius 2 is 2.11 bits per heavy atom. The first-order chi connectivity index (χ1) is 9.15. The maximum absolute atomic E-state index is 12.4. The van der Waals surface area contributed by atoms with Crippen LogP contribution in [0.15, 0.2) is 24.3 Å². The van der Waals surface area contributed by atoms with E-state index in [4.69, 9.17) is 4.74 Å². The van der Waals surface area contributed by atoms with Crippen LogP contribution in [0.2, 0.25) is 0 Å². The smallest absolute Gasteiger partial charge is 0.157 e. The summed E-state index contributed by atoms with van der Waals surface area (Å²) in [6.07, 6.45) is 2.91. The molecule has 3 nitrogen and oxygen atoms in total. The topological polar surface area (TPSA) is 50.1 Å². The average Bonchev–Trinajstić information content (AvgIpc) is 2.45. The number of ether oxygens (including phenoxy) is 1. The van der Waals surface area contributed by atoms with Crippen LogP contribution in [0.3, 0.4) is 0 Å². The molecular weight excluding hydrogens is 238 g/mol. The second kappa shape index (κ2) is 7.58. The standard InChI is InChI=1S/C16H21NO2/c1-4-5-8-12(2)16(18)14(11-17)13-9-6-7-10-15(13)19-3/h6-7,9-10,12,14H,4-5,8H2,1-3H3. The molecular formula is C16H21NO2. The minimum Gasteiger partial charge on any atom is -0.496 e.